The van der Waals surface area contributed by atoms with Crippen LogP contribution in [-0.4, -0.2) is 54.7 Å². The summed E-state index contributed by atoms with van der Waals surface area (Å²) in [6.07, 6.45) is 2.66. The largest absolute Gasteiger partial charge is 0.478 e. The zero-order valence-electron chi connectivity index (χ0n) is 17.0. The van der Waals surface area contributed by atoms with Crippen molar-refractivity contribution < 1.29 is 32.5 Å². The van der Waals surface area contributed by atoms with Crippen LogP contribution in [0, 0.1) is 17.5 Å². The van der Waals surface area contributed by atoms with E-state index in [0.29, 0.717) is 32.2 Å². The molecule has 0 atom stereocenters. The molecule has 10 heteroatoms. The van der Waals surface area contributed by atoms with Crippen molar-refractivity contribution in [3.05, 3.63) is 52.9 Å². The van der Waals surface area contributed by atoms with Crippen molar-refractivity contribution in [2.24, 2.45) is 0 Å². The first kappa shape index (κ1) is 20.8. The van der Waals surface area contributed by atoms with Crippen LogP contribution >= 0.6 is 0 Å². The summed E-state index contributed by atoms with van der Waals surface area (Å²) in [5.74, 6) is -4.08. The molecule has 1 spiro atoms. The van der Waals surface area contributed by atoms with Gasteiger partial charge in [0.2, 0.25) is 0 Å². The molecule has 3 aliphatic rings. The van der Waals surface area contributed by atoms with Crippen molar-refractivity contribution in [1.82, 2.24) is 4.98 Å². The minimum Gasteiger partial charge on any atom is -0.478 e. The van der Waals surface area contributed by atoms with Gasteiger partial charge in [-0.1, -0.05) is 0 Å². The fourth-order valence-electron chi connectivity index (χ4n) is 4.32. The number of carbonyl (C=O) groups is 1. The van der Waals surface area contributed by atoms with E-state index in [1.807, 2.05) is 0 Å². The maximum absolute atomic E-state index is 15.1. The summed E-state index contributed by atoms with van der Waals surface area (Å²) in [5, 5.41) is 9.48. The average Bonchev–Trinajstić information content (AvgIpc) is 3.16. The molecule has 1 aromatic carbocycles. The molecule has 1 aromatic heterocycles. The third kappa shape index (κ3) is 3.59. The molecule has 168 valence electrons. The monoisotopic (exact) mass is 447 g/mol. The van der Waals surface area contributed by atoms with Crippen molar-refractivity contribution in [2.75, 3.05) is 42.6 Å². The van der Waals surface area contributed by atoms with Gasteiger partial charge >= 0.3 is 5.97 Å². The Hall–Kier alpha value is -3.11. The highest BCUT2D eigenvalue weighted by Gasteiger charge is 2.43. The molecule has 0 unspecified atom stereocenters. The molecule has 0 amide bonds. The number of carboxylic acids is 1. The van der Waals surface area contributed by atoms with Crippen molar-refractivity contribution in [3.8, 4) is 0 Å². The summed E-state index contributed by atoms with van der Waals surface area (Å²) in [5.41, 5.74) is 0.0680. The quantitative estimate of drug-likeness (QED) is 0.773. The fraction of sp³-hybridized carbons (Fsp3) is 0.364. The van der Waals surface area contributed by atoms with Gasteiger partial charge in [0.15, 0.2) is 17.4 Å². The predicted octanol–water partition coefficient (Wildman–Crippen LogP) is 3.46. The number of nitrogens with zero attached hydrogens (tertiary/aromatic N) is 3. The number of carboxylic acid groups (broad SMARTS) is 1. The Balaban J connectivity index is 1.56. The van der Waals surface area contributed by atoms with E-state index in [9.17, 15) is 18.7 Å². The van der Waals surface area contributed by atoms with Crippen molar-refractivity contribution >= 4 is 29.4 Å². The van der Waals surface area contributed by atoms with Gasteiger partial charge in [-0.25, -0.2) is 22.9 Å². The molecule has 5 rings (SSSR count). The summed E-state index contributed by atoms with van der Waals surface area (Å²) in [6, 6.07) is 4.17. The van der Waals surface area contributed by atoms with Gasteiger partial charge in [-0.3, -0.25) is 0 Å². The number of hydrogen-bond acceptors (Lipinski definition) is 6. The van der Waals surface area contributed by atoms with Crippen LogP contribution in [0.15, 0.2) is 29.8 Å². The van der Waals surface area contributed by atoms with E-state index in [0.717, 1.165) is 12.5 Å². The highest BCUT2D eigenvalue weighted by Crippen LogP contribution is 2.39. The molecule has 32 heavy (non-hydrogen) atoms. The number of pyridine rings is 1. The minimum atomic E-state index is -1.22. The molecular weight excluding hydrogens is 427 g/mol. The van der Waals surface area contributed by atoms with Crippen molar-refractivity contribution in [3.63, 3.8) is 0 Å². The van der Waals surface area contributed by atoms with E-state index in [1.165, 1.54) is 23.1 Å². The zero-order valence-corrected chi connectivity index (χ0v) is 17.0. The van der Waals surface area contributed by atoms with Crippen LogP contribution < -0.4 is 9.80 Å². The van der Waals surface area contributed by atoms with Crippen LogP contribution in [0.4, 0.5) is 30.5 Å². The average molecular weight is 447 g/mol. The van der Waals surface area contributed by atoms with Crippen molar-refractivity contribution in [1.29, 1.82) is 0 Å². The zero-order chi connectivity index (χ0) is 22.5. The number of rotatable bonds is 3. The van der Waals surface area contributed by atoms with E-state index in [4.69, 9.17) is 9.47 Å². The van der Waals surface area contributed by atoms with Gasteiger partial charge in [0.1, 0.15) is 17.5 Å². The maximum Gasteiger partial charge on any atom is 0.333 e. The van der Waals surface area contributed by atoms with E-state index < -0.39 is 29.2 Å². The second-order valence-corrected chi connectivity index (χ2v) is 8.00. The minimum absolute atomic E-state index is 0.0399. The van der Waals surface area contributed by atoms with Gasteiger partial charge in [0.25, 0.3) is 0 Å². The Labute approximate surface area is 181 Å². The third-order valence-corrected chi connectivity index (χ3v) is 5.87. The number of ether oxygens (including phenoxy) is 2. The summed E-state index contributed by atoms with van der Waals surface area (Å²) in [7, 11) is 0. The van der Waals surface area contributed by atoms with Gasteiger partial charge in [-0.2, -0.15) is 0 Å². The molecule has 2 fully saturated rings. The normalized spacial score (nSPS) is 19.8. The second-order valence-electron chi connectivity index (χ2n) is 8.00. The lowest BCUT2D eigenvalue weighted by atomic mass is 10.0. The molecule has 3 aliphatic heterocycles. The van der Waals surface area contributed by atoms with E-state index in [1.54, 1.807) is 4.90 Å². The molecule has 0 radical (unpaired) electrons. The van der Waals surface area contributed by atoms with Gasteiger partial charge in [-0.05, 0) is 30.7 Å². The van der Waals surface area contributed by atoms with Crippen LogP contribution in [0.3, 0.4) is 0 Å². The Kier molecular flexibility index (Phi) is 5.06. The number of aliphatic carboxylic acids is 1. The van der Waals surface area contributed by atoms with Gasteiger partial charge < -0.3 is 24.4 Å². The second kappa shape index (κ2) is 7.79. The first-order valence-corrected chi connectivity index (χ1v) is 10.3. The fourth-order valence-corrected chi connectivity index (χ4v) is 4.32. The van der Waals surface area contributed by atoms with Crippen LogP contribution in [-0.2, 0) is 14.3 Å². The number of halogens is 3. The SMILES string of the molecule is O=C(O)C1=Cc2cc(F)c(N3CCC4(C3)OCCCO4)nc2N(c2ccc(F)cc2F)C1. The number of aromatic nitrogens is 1. The van der Waals surface area contributed by atoms with Crippen molar-refractivity contribution in [2.45, 2.75) is 18.6 Å². The number of fused-ring (bicyclic) bond motifs is 1. The van der Waals surface area contributed by atoms with Crippen LogP contribution in [0.2, 0.25) is 0 Å². The Morgan fingerprint density at radius 1 is 1.09 bits per heavy atom. The van der Waals surface area contributed by atoms with Gasteiger partial charge in [-0.15, -0.1) is 0 Å². The first-order chi connectivity index (χ1) is 15.3. The summed E-state index contributed by atoms with van der Waals surface area (Å²) < 4.78 is 54.7. The Morgan fingerprint density at radius 3 is 2.59 bits per heavy atom. The molecule has 7 nitrogen and oxygen atoms in total. The summed E-state index contributed by atoms with van der Waals surface area (Å²) in [6.45, 7) is 1.66. The standard InChI is InChI=1S/C22H20F3N3O4/c23-15-2-3-18(16(24)10-15)28-11-14(21(29)30)8-13-9-17(25)20(26-19(13)28)27-5-4-22(12-27)31-6-1-7-32-22/h2-3,8-10H,1,4-7,11-12H2,(H,29,30). The molecule has 0 bridgehead atoms. The van der Waals surface area contributed by atoms with Gasteiger partial charge in [0, 0.05) is 24.6 Å². The molecule has 0 aliphatic carbocycles. The molecule has 2 saturated heterocycles. The summed E-state index contributed by atoms with van der Waals surface area (Å²) >= 11 is 0. The molecular formula is C22H20F3N3O4. The van der Waals surface area contributed by atoms with E-state index in [-0.39, 0.29) is 41.5 Å². The third-order valence-electron chi connectivity index (χ3n) is 5.87. The van der Waals surface area contributed by atoms with Crippen LogP contribution in [0.25, 0.3) is 6.08 Å². The Bertz CT molecular complexity index is 1120. The van der Waals surface area contributed by atoms with Crippen LogP contribution in [0.5, 0.6) is 0 Å². The lowest BCUT2D eigenvalue weighted by Gasteiger charge is -2.34. The Morgan fingerprint density at radius 2 is 1.88 bits per heavy atom. The number of hydrogen-bond donors (Lipinski definition) is 1. The highest BCUT2D eigenvalue weighted by atomic mass is 19.1. The van der Waals surface area contributed by atoms with E-state index in [2.05, 4.69) is 4.98 Å². The number of benzene rings is 1. The lowest BCUT2D eigenvalue weighted by Crippen LogP contribution is -2.43. The number of anilines is 3. The highest BCUT2D eigenvalue weighted by molar-refractivity contribution is 5.97. The smallest absolute Gasteiger partial charge is 0.333 e. The first-order valence-electron chi connectivity index (χ1n) is 10.3. The summed E-state index contributed by atoms with van der Waals surface area (Å²) in [4.78, 5) is 19.1. The molecule has 4 heterocycles. The topological polar surface area (TPSA) is 75.1 Å². The molecule has 1 N–H and O–H groups in total. The van der Waals surface area contributed by atoms with Crippen LogP contribution in [0.1, 0.15) is 18.4 Å². The van der Waals surface area contributed by atoms with E-state index >= 15 is 4.39 Å². The lowest BCUT2D eigenvalue weighted by molar-refractivity contribution is -0.252. The van der Waals surface area contributed by atoms with Gasteiger partial charge in [0.05, 0.1) is 37.6 Å². The predicted molar refractivity (Wildman–Crippen MR) is 109 cm³/mol. The maximum atomic E-state index is 15.1. The molecule has 2 aromatic rings. The molecule has 0 saturated carbocycles.